The normalized spacial score (nSPS) is 10.7. The van der Waals surface area contributed by atoms with Gasteiger partial charge in [0.2, 0.25) is 0 Å². The summed E-state index contributed by atoms with van der Waals surface area (Å²) in [5.74, 6) is -1.21. The Kier molecular flexibility index (Phi) is 4.84. The molecule has 0 aliphatic rings. The Hall–Kier alpha value is -2.47. The highest BCUT2D eigenvalue weighted by Gasteiger charge is 2.07. The molecule has 0 spiro atoms. The van der Waals surface area contributed by atoms with Crippen LogP contribution in [0.3, 0.4) is 0 Å². The average Bonchev–Trinajstić information content (AvgIpc) is 2.90. The van der Waals surface area contributed by atoms with Crippen LogP contribution in [0.5, 0.6) is 0 Å². The van der Waals surface area contributed by atoms with Crippen molar-refractivity contribution in [2.75, 3.05) is 0 Å². The number of nitrogens with one attached hydrogen (secondary N) is 1. The molecule has 2 N–H and O–H groups in total. The van der Waals surface area contributed by atoms with Crippen molar-refractivity contribution in [2.45, 2.75) is 13.5 Å². The lowest BCUT2D eigenvalue weighted by Crippen LogP contribution is -2.23. The van der Waals surface area contributed by atoms with E-state index in [0.717, 1.165) is 22.2 Å². The van der Waals surface area contributed by atoms with Crippen LogP contribution in [-0.4, -0.2) is 22.0 Å². The molecule has 0 bridgehead atoms. The summed E-state index contributed by atoms with van der Waals surface area (Å²) >= 11 is 1.46. The van der Waals surface area contributed by atoms with Crippen LogP contribution in [0.4, 0.5) is 0 Å². The molecule has 0 aliphatic heterocycles. The van der Waals surface area contributed by atoms with Gasteiger partial charge in [0.1, 0.15) is 5.69 Å². The maximum Gasteiger partial charge on any atom is 0.328 e. The van der Waals surface area contributed by atoms with Gasteiger partial charge in [-0.2, -0.15) is 0 Å². The van der Waals surface area contributed by atoms with E-state index >= 15 is 0 Å². The molecule has 0 saturated carbocycles. The van der Waals surface area contributed by atoms with Crippen LogP contribution in [-0.2, 0) is 11.3 Å². The first-order valence-electron chi connectivity index (χ1n) is 6.25. The van der Waals surface area contributed by atoms with Gasteiger partial charge in [-0.1, -0.05) is 6.07 Å². The van der Waals surface area contributed by atoms with E-state index in [4.69, 9.17) is 5.11 Å². The third-order valence-electron chi connectivity index (χ3n) is 2.64. The number of carbonyl (C=O) groups is 2. The van der Waals surface area contributed by atoms with E-state index in [-0.39, 0.29) is 5.91 Å². The van der Waals surface area contributed by atoms with E-state index in [0.29, 0.717) is 12.2 Å². The maximum absolute atomic E-state index is 11.9. The fraction of sp³-hybridized carbons (Fsp3) is 0.133. The van der Waals surface area contributed by atoms with Crippen LogP contribution >= 0.6 is 11.3 Å². The number of hydrogen-bond acceptors (Lipinski definition) is 4. The Balaban J connectivity index is 1.94. The molecule has 0 aromatic carbocycles. The monoisotopic (exact) mass is 302 g/mol. The minimum absolute atomic E-state index is 0.227. The average molecular weight is 302 g/mol. The second-order valence-corrected chi connectivity index (χ2v) is 5.36. The highest BCUT2D eigenvalue weighted by molar-refractivity contribution is 7.10. The summed E-state index contributed by atoms with van der Waals surface area (Å²) < 4.78 is 0. The van der Waals surface area contributed by atoms with Gasteiger partial charge in [0, 0.05) is 16.6 Å². The van der Waals surface area contributed by atoms with Gasteiger partial charge < -0.3 is 10.4 Å². The maximum atomic E-state index is 11.9. The van der Waals surface area contributed by atoms with Crippen LogP contribution in [0.1, 0.15) is 26.6 Å². The summed E-state index contributed by atoms with van der Waals surface area (Å²) in [4.78, 5) is 27.5. The van der Waals surface area contributed by atoms with E-state index in [1.54, 1.807) is 12.1 Å². The van der Waals surface area contributed by atoms with Gasteiger partial charge >= 0.3 is 5.97 Å². The number of nitrogens with zero attached hydrogens (tertiary/aromatic N) is 1. The van der Waals surface area contributed by atoms with Crippen LogP contribution in [0.2, 0.25) is 0 Å². The third kappa shape index (κ3) is 4.54. The van der Waals surface area contributed by atoms with Gasteiger partial charge in [0.25, 0.3) is 5.91 Å². The Bertz CT molecular complexity index is 692. The number of aryl methyl sites for hydroxylation is 1. The molecule has 1 amide bonds. The van der Waals surface area contributed by atoms with Crippen molar-refractivity contribution in [3.05, 3.63) is 57.6 Å². The van der Waals surface area contributed by atoms with Gasteiger partial charge in [-0.05, 0) is 42.1 Å². The van der Waals surface area contributed by atoms with Crippen LogP contribution in [0, 0.1) is 6.92 Å². The van der Waals surface area contributed by atoms with Crippen LogP contribution in [0.25, 0.3) is 6.08 Å². The first-order valence-corrected chi connectivity index (χ1v) is 7.13. The number of rotatable bonds is 5. The topological polar surface area (TPSA) is 79.3 Å². The number of carboxylic acids is 1. The van der Waals surface area contributed by atoms with Crippen molar-refractivity contribution in [1.82, 2.24) is 10.3 Å². The minimum Gasteiger partial charge on any atom is -0.478 e. The molecular weight excluding hydrogens is 288 g/mol. The number of amides is 1. The van der Waals surface area contributed by atoms with Crippen LogP contribution in [0.15, 0.2) is 35.7 Å². The minimum atomic E-state index is -0.985. The molecule has 6 heteroatoms. The lowest BCUT2D eigenvalue weighted by molar-refractivity contribution is -0.131. The Morgan fingerprint density at radius 3 is 2.95 bits per heavy atom. The number of carbonyl (C=O) groups excluding carboxylic acids is 1. The second-order valence-electron chi connectivity index (χ2n) is 4.36. The van der Waals surface area contributed by atoms with Crippen molar-refractivity contribution in [3.63, 3.8) is 0 Å². The van der Waals surface area contributed by atoms with Gasteiger partial charge in [-0.15, -0.1) is 11.3 Å². The number of aromatic nitrogens is 1. The van der Waals surface area contributed by atoms with E-state index in [2.05, 4.69) is 10.3 Å². The van der Waals surface area contributed by atoms with E-state index in [1.807, 2.05) is 24.4 Å². The van der Waals surface area contributed by atoms with Crippen molar-refractivity contribution in [1.29, 1.82) is 0 Å². The fourth-order valence-corrected chi connectivity index (χ4v) is 2.47. The summed E-state index contributed by atoms with van der Waals surface area (Å²) in [5.41, 5.74) is 1.98. The zero-order chi connectivity index (χ0) is 15.2. The summed E-state index contributed by atoms with van der Waals surface area (Å²) in [5, 5.41) is 13.2. The molecule has 2 aromatic rings. The zero-order valence-corrected chi connectivity index (χ0v) is 12.2. The smallest absolute Gasteiger partial charge is 0.328 e. The summed E-state index contributed by atoms with van der Waals surface area (Å²) in [7, 11) is 0. The molecule has 0 saturated heterocycles. The predicted molar refractivity (Wildman–Crippen MR) is 81.1 cm³/mol. The van der Waals surface area contributed by atoms with Gasteiger partial charge in [-0.25, -0.2) is 9.78 Å². The molecule has 2 rings (SSSR count). The highest BCUT2D eigenvalue weighted by Crippen LogP contribution is 2.16. The summed E-state index contributed by atoms with van der Waals surface area (Å²) in [6, 6.07) is 7.13. The quantitative estimate of drug-likeness (QED) is 0.832. The molecule has 21 heavy (non-hydrogen) atoms. The zero-order valence-electron chi connectivity index (χ0n) is 11.4. The van der Waals surface area contributed by atoms with E-state index in [1.165, 1.54) is 17.4 Å². The van der Waals surface area contributed by atoms with E-state index in [9.17, 15) is 9.59 Å². The Morgan fingerprint density at radius 2 is 2.24 bits per heavy atom. The summed E-state index contributed by atoms with van der Waals surface area (Å²) in [6.45, 7) is 2.22. The molecular formula is C15H14N2O3S. The van der Waals surface area contributed by atoms with Crippen molar-refractivity contribution in [3.8, 4) is 0 Å². The first kappa shape index (κ1) is 14.9. The predicted octanol–water partition coefficient (Wildman–Crippen LogP) is 2.48. The Labute approximate surface area is 126 Å². The lowest BCUT2D eigenvalue weighted by Gasteiger charge is -2.03. The number of aliphatic carboxylic acids is 1. The lowest BCUT2D eigenvalue weighted by atomic mass is 10.2. The number of thiophene rings is 1. The summed E-state index contributed by atoms with van der Waals surface area (Å²) in [6.07, 6.45) is 2.60. The standard InChI is InChI=1S/C15H14N2O3S/c1-10-3-2-4-13(17-10)15(20)16-8-12-7-11(9-21-12)5-6-14(18)19/h2-7,9H,8H2,1H3,(H,16,20)(H,18,19). The molecule has 2 aromatic heterocycles. The van der Waals surface area contributed by atoms with E-state index < -0.39 is 5.97 Å². The molecule has 0 unspecified atom stereocenters. The SMILES string of the molecule is Cc1cccc(C(=O)NCc2cc(C=CC(=O)O)cs2)n1. The molecule has 0 aliphatic carbocycles. The van der Waals surface area contributed by atoms with Gasteiger partial charge in [0.15, 0.2) is 0 Å². The van der Waals surface area contributed by atoms with Gasteiger partial charge in [-0.3, -0.25) is 4.79 Å². The Morgan fingerprint density at radius 1 is 1.43 bits per heavy atom. The van der Waals surface area contributed by atoms with Crippen molar-refractivity contribution >= 4 is 29.3 Å². The molecule has 5 nitrogen and oxygen atoms in total. The molecule has 0 fully saturated rings. The molecule has 0 radical (unpaired) electrons. The van der Waals surface area contributed by atoms with Gasteiger partial charge in [0.05, 0.1) is 6.54 Å². The second kappa shape index (κ2) is 6.81. The molecule has 2 heterocycles. The molecule has 0 atom stereocenters. The van der Waals surface area contributed by atoms with Crippen LogP contribution < -0.4 is 5.32 Å². The number of pyridine rings is 1. The first-order chi connectivity index (χ1) is 10.0. The number of carboxylic acid groups (broad SMARTS) is 1. The van der Waals surface area contributed by atoms with Crippen molar-refractivity contribution in [2.24, 2.45) is 0 Å². The fourth-order valence-electron chi connectivity index (χ4n) is 1.67. The number of hydrogen-bond donors (Lipinski definition) is 2. The molecule has 108 valence electrons. The highest BCUT2D eigenvalue weighted by atomic mass is 32.1. The van der Waals surface area contributed by atoms with Crippen molar-refractivity contribution < 1.29 is 14.7 Å². The largest absolute Gasteiger partial charge is 0.478 e. The third-order valence-corrected chi connectivity index (χ3v) is 3.59.